The van der Waals surface area contributed by atoms with E-state index in [2.05, 4.69) is 174 Å². The molecule has 0 fully saturated rings. The van der Waals surface area contributed by atoms with Crippen molar-refractivity contribution in [2.45, 2.75) is 113 Å². The largest absolute Gasteiger partial charge is 0.500 e. The summed E-state index contributed by atoms with van der Waals surface area (Å²) in [6.45, 7) is 23.2. The third-order valence-electron chi connectivity index (χ3n) is 12.8. The van der Waals surface area contributed by atoms with E-state index in [-0.39, 0.29) is 36.9 Å². The van der Waals surface area contributed by atoms with Gasteiger partial charge in [-0.3, -0.25) is 9.37 Å². The molecule has 1 radical (unpaired) electrons. The Morgan fingerprint density at radius 1 is 0.739 bits per heavy atom. The molecular formula is C62H64FIrN3OSi-2. The number of furan rings is 1. The van der Waals surface area contributed by atoms with Gasteiger partial charge in [-0.1, -0.05) is 172 Å². The van der Waals surface area contributed by atoms with Gasteiger partial charge in [0.15, 0.2) is 0 Å². The van der Waals surface area contributed by atoms with Crippen LogP contribution in [-0.4, -0.2) is 22.6 Å². The number of benzene rings is 7. The molecule has 355 valence electrons. The quantitative estimate of drug-likeness (QED) is 0.0865. The standard InChI is InChI=1S/C42H37N2O.C20H27FNSi.Ir/c1-24(2)30-20-32(25(3)4)41(33(21-30)26(5)6)44-38-14-10-9-13-37(38)43-42(44)29-17-18-39-35(19-29)36-23-34-28(22-40(36)45-39)16-15-27-11-7-8-12-31(27)34;1-14-8-9-16(17(21)10-14)18-11-15(12-20(2,3)4)19(13-22-18)23(5,6)7;/h7-16,18-26H,1-6H3;8,10-11,13H,12H2,1-7H3;/q2*-1;/i;1D3,12D2;. The van der Waals surface area contributed by atoms with Crippen molar-refractivity contribution < 1.29 is 35.8 Å². The zero-order valence-corrected chi connectivity index (χ0v) is 45.1. The Labute approximate surface area is 429 Å². The molecule has 0 saturated carbocycles. The molecular weight excluding hydrogens is 1040 g/mol. The van der Waals surface area contributed by atoms with Crippen molar-refractivity contribution >= 4 is 67.8 Å². The Bertz CT molecular complexity index is 3720. The summed E-state index contributed by atoms with van der Waals surface area (Å²) in [5, 5.41) is 7.98. The molecule has 0 amide bonds. The number of para-hydroxylation sites is 2. The molecule has 0 spiro atoms. The molecule has 0 bridgehead atoms. The fourth-order valence-electron chi connectivity index (χ4n) is 9.32. The topological polar surface area (TPSA) is 43.9 Å². The summed E-state index contributed by atoms with van der Waals surface area (Å²) >= 11 is 0. The van der Waals surface area contributed by atoms with Gasteiger partial charge in [-0.25, -0.2) is 0 Å². The van der Waals surface area contributed by atoms with Gasteiger partial charge < -0.3 is 14.0 Å². The zero-order valence-electron chi connectivity index (χ0n) is 46.7. The van der Waals surface area contributed by atoms with Crippen molar-refractivity contribution in [3.63, 3.8) is 0 Å². The minimum absolute atomic E-state index is 0. The van der Waals surface area contributed by atoms with Crippen molar-refractivity contribution in [1.29, 1.82) is 0 Å². The van der Waals surface area contributed by atoms with E-state index in [0.717, 1.165) is 55.6 Å². The van der Waals surface area contributed by atoms with Crippen LogP contribution in [0.2, 0.25) is 19.6 Å². The molecule has 69 heavy (non-hydrogen) atoms. The van der Waals surface area contributed by atoms with E-state index in [9.17, 15) is 4.39 Å². The number of pyridine rings is 1. The summed E-state index contributed by atoms with van der Waals surface area (Å²) < 4.78 is 63.2. The maximum atomic E-state index is 14.7. The second kappa shape index (κ2) is 19.2. The first-order valence-electron chi connectivity index (χ1n) is 26.3. The number of hydrogen-bond acceptors (Lipinski definition) is 3. The number of halogens is 1. The average molecular weight is 1110 g/mol. The van der Waals surface area contributed by atoms with Crippen LogP contribution >= 0.6 is 0 Å². The van der Waals surface area contributed by atoms with Crippen LogP contribution in [0.15, 0.2) is 126 Å². The third-order valence-corrected chi connectivity index (χ3v) is 14.8. The molecule has 3 aromatic heterocycles. The van der Waals surface area contributed by atoms with E-state index in [4.69, 9.17) is 16.3 Å². The molecule has 0 aliphatic rings. The van der Waals surface area contributed by atoms with Gasteiger partial charge in [-0.15, -0.1) is 47.5 Å². The minimum atomic E-state index is -2.42. The number of imidazole rings is 1. The van der Waals surface area contributed by atoms with Gasteiger partial charge in [-0.2, -0.15) is 0 Å². The van der Waals surface area contributed by atoms with Gasteiger partial charge in [-0.05, 0) is 103 Å². The Morgan fingerprint density at radius 2 is 1.42 bits per heavy atom. The molecule has 3 heterocycles. The minimum Gasteiger partial charge on any atom is -0.500 e. The predicted octanol–water partition coefficient (Wildman–Crippen LogP) is 17.2. The van der Waals surface area contributed by atoms with Crippen molar-refractivity contribution in [2.24, 2.45) is 5.41 Å². The van der Waals surface area contributed by atoms with Gasteiger partial charge in [0, 0.05) is 50.0 Å². The van der Waals surface area contributed by atoms with E-state index in [0.29, 0.717) is 23.3 Å². The van der Waals surface area contributed by atoms with Crippen LogP contribution in [0.5, 0.6) is 0 Å². The van der Waals surface area contributed by atoms with Crippen LogP contribution in [0.3, 0.4) is 0 Å². The molecule has 0 atom stereocenters. The molecule has 10 rings (SSSR count). The summed E-state index contributed by atoms with van der Waals surface area (Å²) in [4.78, 5) is 9.66. The number of rotatable bonds is 8. The maximum absolute atomic E-state index is 14.7. The van der Waals surface area contributed by atoms with Crippen LogP contribution in [0.1, 0.15) is 115 Å². The summed E-state index contributed by atoms with van der Waals surface area (Å²) in [5.74, 6) is 1.31. The first kappa shape index (κ1) is 43.3. The van der Waals surface area contributed by atoms with E-state index >= 15 is 0 Å². The van der Waals surface area contributed by atoms with Gasteiger partial charge in [0.25, 0.3) is 0 Å². The number of nitrogens with zero attached hydrogens (tertiary/aromatic N) is 3. The van der Waals surface area contributed by atoms with Crippen LogP contribution in [0.25, 0.3) is 82.8 Å². The number of fused-ring (bicyclic) bond motifs is 7. The average Bonchev–Trinajstić information content (AvgIpc) is 3.89. The molecule has 0 aliphatic carbocycles. The maximum Gasteiger partial charge on any atom is 0.121 e. The summed E-state index contributed by atoms with van der Waals surface area (Å²) in [5.41, 5.74) is 10.1. The number of hydrogen-bond donors (Lipinski definition) is 0. The molecule has 7 aromatic carbocycles. The van der Waals surface area contributed by atoms with E-state index in [1.807, 2.05) is 26.8 Å². The molecule has 0 N–H and O–H groups in total. The molecule has 0 aliphatic heterocycles. The van der Waals surface area contributed by atoms with Crippen LogP contribution in [0.4, 0.5) is 4.39 Å². The van der Waals surface area contributed by atoms with Gasteiger partial charge in [0.1, 0.15) is 5.58 Å². The van der Waals surface area contributed by atoms with Crippen molar-refractivity contribution in [3.8, 4) is 28.3 Å². The second-order valence-corrected chi connectivity index (χ2v) is 26.2. The third kappa shape index (κ3) is 9.89. The molecule has 10 aromatic rings. The normalized spacial score (nSPS) is 13.7. The summed E-state index contributed by atoms with van der Waals surface area (Å²) in [6, 6.07) is 45.1. The number of aromatic nitrogens is 3. The van der Waals surface area contributed by atoms with Crippen LogP contribution in [0, 0.1) is 30.2 Å². The van der Waals surface area contributed by atoms with Crippen LogP contribution in [-0.2, 0) is 26.5 Å². The number of aryl methyl sites for hydroxylation is 1. The molecule has 0 unspecified atom stereocenters. The first-order chi connectivity index (χ1) is 34.2. The van der Waals surface area contributed by atoms with Gasteiger partial charge in [0.05, 0.1) is 30.5 Å². The fraction of sp³-hybridized carbons (Fsp3) is 0.290. The molecule has 0 saturated heterocycles. The summed E-state index contributed by atoms with van der Waals surface area (Å²) in [7, 11) is -1.92. The first-order valence-corrected chi connectivity index (χ1v) is 27.3. The SMILES string of the molecule is CC(C)c1cc(C(C)C)c(-n2c(-c3[c-]cc4oc5cc6ccc7ccccc7c6cc5c4c3)nc3ccccc32)c(C(C)C)c1.[2H]C([2H])([2H])c1c[c-]c(-c2cc(C([2H])([2H])C(C)(C)C)c([Si](C)(C)C)cn2)c(F)c1.[Ir]. The molecule has 4 nitrogen and oxygen atoms in total. The van der Waals surface area contributed by atoms with E-state index < -0.39 is 32.5 Å². The second-order valence-electron chi connectivity index (χ2n) is 21.2. The van der Waals surface area contributed by atoms with Crippen molar-refractivity contribution in [3.05, 3.63) is 167 Å². The van der Waals surface area contributed by atoms with Gasteiger partial charge >= 0.3 is 0 Å². The summed E-state index contributed by atoms with van der Waals surface area (Å²) in [6.07, 6.45) is -0.0131. The smallest absolute Gasteiger partial charge is 0.121 e. The Kier molecular flexibility index (Phi) is 12.1. The predicted molar refractivity (Wildman–Crippen MR) is 289 cm³/mol. The van der Waals surface area contributed by atoms with Crippen molar-refractivity contribution in [1.82, 2.24) is 14.5 Å². The van der Waals surface area contributed by atoms with E-state index in [1.165, 1.54) is 50.0 Å². The zero-order chi connectivity index (χ0) is 52.7. The Balaban J connectivity index is 0.000000218. The van der Waals surface area contributed by atoms with E-state index in [1.54, 1.807) is 12.3 Å². The molecule has 7 heteroatoms. The van der Waals surface area contributed by atoms with Gasteiger partial charge in [0.2, 0.25) is 0 Å². The van der Waals surface area contributed by atoms with Crippen LogP contribution < -0.4 is 5.19 Å². The Hall–Kier alpha value is -5.72. The van der Waals surface area contributed by atoms with Crippen molar-refractivity contribution in [2.75, 3.05) is 0 Å². The fourth-order valence-corrected chi connectivity index (χ4v) is 10.7. The monoisotopic (exact) mass is 1110 g/mol. The Morgan fingerprint density at radius 3 is 2.09 bits per heavy atom.